The monoisotopic (exact) mass is 931 g/mol. The highest BCUT2D eigenvalue weighted by atomic mass is 16.6. The third-order valence-electron chi connectivity index (χ3n) is 13.5. The van der Waals surface area contributed by atoms with Crippen molar-refractivity contribution in [3.63, 3.8) is 0 Å². The molecule has 1 unspecified atom stereocenters. The van der Waals surface area contributed by atoms with Gasteiger partial charge in [-0.25, -0.2) is 0 Å². The lowest BCUT2D eigenvalue weighted by atomic mass is 10.0. The molecule has 0 aromatic rings. The second-order valence-corrected chi connectivity index (χ2v) is 20.3. The predicted octanol–water partition coefficient (Wildman–Crippen LogP) is 19.7. The molecule has 66 heavy (non-hydrogen) atoms. The lowest BCUT2D eigenvalue weighted by molar-refractivity contribution is -0.167. The summed E-state index contributed by atoms with van der Waals surface area (Å²) in [5, 5.41) is 0. The molecule has 0 aromatic heterocycles. The molecule has 0 fully saturated rings. The molecule has 0 radical (unpaired) electrons. The summed E-state index contributed by atoms with van der Waals surface area (Å²) in [5.74, 6) is -0.853. The molecule has 0 aliphatic heterocycles. The van der Waals surface area contributed by atoms with E-state index >= 15 is 0 Å². The second kappa shape index (κ2) is 55.7. The Labute approximate surface area is 411 Å². The van der Waals surface area contributed by atoms with Crippen molar-refractivity contribution >= 4 is 17.9 Å². The smallest absolute Gasteiger partial charge is 0.306 e. The van der Waals surface area contributed by atoms with E-state index in [4.69, 9.17) is 14.2 Å². The molecule has 0 heterocycles. The van der Waals surface area contributed by atoms with Gasteiger partial charge in [0.25, 0.3) is 0 Å². The van der Waals surface area contributed by atoms with Crippen LogP contribution in [-0.2, 0) is 28.6 Å². The van der Waals surface area contributed by atoms with Crippen molar-refractivity contribution < 1.29 is 28.6 Å². The summed E-state index contributed by atoms with van der Waals surface area (Å²) in [4.78, 5) is 38.1. The average Bonchev–Trinajstić information content (AvgIpc) is 3.31. The molecule has 0 aliphatic carbocycles. The first-order chi connectivity index (χ1) is 32.5. The molecule has 6 heteroatoms. The number of allylic oxidation sites excluding steroid dienone is 2. The van der Waals surface area contributed by atoms with Crippen LogP contribution in [0.2, 0.25) is 0 Å². The van der Waals surface area contributed by atoms with Crippen LogP contribution in [0.15, 0.2) is 12.2 Å². The Morgan fingerprint density at radius 3 is 0.818 bits per heavy atom. The average molecular weight is 932 g/mol. The van der Waals surface area contributed by atoms with E-state index in [1.165, 1.54) is 225 Å². The Kier molecular flexibility index (Phi) is 54.2. The summed E-state index contributed by atoms with van der Waals surface area (Å²) in [6, 6.07) is 0. The van der Waals surface area contributed by atoms with Crippen molar-refractivity contribution in [3.05, 3.63) is 12.2 Å². The lowest BCUT2D eigenvalue weighted by Gasteiger charge is -2.18. The molecular weight excluding hydrogens is 817 g/mol. The molecule has 6 nitrogen and oxygen atoms in total. The Bertz CT molecular complexity index is 1020. The van der Waals surface area contributed by atoms with Crippen LogP contribution in [0.3, 0.4) is 0 Å². The Morgan fingerprint density at radius 2 is 0.530 bits per heavy atom. The largest absolute Gasteiger partial charge is 0.462 e. The molecule has 1 atom stereocenters. The zero-order valence-electron chi connectivity index (χ0n) is 44.7. The van der Waals surface area contributed by atoms with E-state index in [0.717, 1.165) is 70.6 Å². The fourth-order valence-corrected chi connectivity index (χ4v) is 9.04. The van der Waals surface area contributed by atoms with Gasteiger partial charge >= 0.3 is 17.9 Å². The molecule has 0 rings (SSSR count). The van der Waals surface area contributed by atoms with E-state index in [-0.39, 0.29) is 31.1 Å². The predicted molar refractivity (Wildman–Crippen MR) is 284 cm³/mol. The minimum absolute atomic E-state index is 0.0666. The molecule has 0 spiro atoms. The summed E-state index contributed by atoms with van der Waals surface area (Å²) in [6.45, 7) is 6.63. The quantitative estimate of drug-likeness (QED) is 0.0262. The Balaban J connectivity index is 4.19. The third-order valence-corrected chi connectivity index (χ3v) is 13.5. The number of rotatable bonds is 55. The lowest BCUT2D eigenvalue weighted by Crippen LogP contribution is -2.30. The van der Waals surface area contributed by atoms with E-state index in [0.29, 0.717) is 19.3 Å². The van der Waals surface area contributed by atoms with Crippen LogP contribution < -0.4 is 0 Å². The van der Waals surface area contributed by atoms with Gasteiger partial charge in [-0.1, -0.05) is 290 Å². The zero-order chi connectivity index (χ0) is 47.9. The Morgan fingerprint density at radius 1 is 0.288 bits per heavy atom. The number of hydrogen-bond donors (Lipinski definition) is 0. The summed E-state index contributed by atoms with van der Waals surface area (Å²) in [5.41, 5.74) is 0. The first-order valence-corrected chi connectivity index (χ1v) is 29.7. The molecule has 0 amide bonds. The van der Waals surface area contributed by atoms with Crippen LogP contribution in [0.1, 0.15) is 335 Å². The van der Waals surface area contributed by atoms with Gasteiger partial charge in [0.1, 0.15) is 13.2 Å². The molecule has 0 saturated heterocycles. The van der Waals surface area contributed by atoms with Gasteiger partial charge in [0.15, 0.2) is 6.10 Å². The standard InChI is InChI=1S/C60H114O6/c1-4-7-10-13-16-19-22-24-26-28-29-30-31-32-33-35-36-38-41-44-47-50-53-59(62)65-56-57(55-64-58(61)52-49-46-43-40-21-18-15-12-9-6-3)66-60(63)54-51-48-45-42-39-37-34-27-25-23-20-17-14-11-8-5-2/h12,15,57H,4-11,13-14,16-56H2,1-3H3/b15-12-. The van der Waals surface area contributed by atoms with Gasteiger partial charge in [-0.15, -0.1) is 0 Å². The van der Waals surface area contributed by atoms with Gasteiger partial charge in [0.05, 0.1) is 0 Å². The van der Waals surface area contributed by atoms with Gasteiger partial charge in [0, 0.05) is 19.3 Å². The fourth-order valence-electron chi connectivity index (χ4n) is 9.04. The zero-order valence-corrected chi connectivity index (χ0v) is 44.7. The third kappa shape index (κ3) is 53.1. The van der Waals surface area contributed by atoms with Crippen LogP contribution in [0.4, 0.5) is 0 Å². The van der Waals surface area contributed by atoms with Gasteiger partial charge in [-0.3, -0.25) is 14.4 Å². The van der Waals surface area contributed by atoms with E-state index in [2.05, 4.69) is 32.9 Å². The van der Waals surface area contributed by atoms with Gasteiger partial charge in [-0.2, -0.15) is 0 Å². The summed E-state index contributed by atoms with van der Waals surface area (Å²) >= 11 is 0. The molecular formula is C60H114O6. The maximum Gasteiger partial charge on any atom is 0.306 e. The second-order valence-electron chi connectivity index (χ2n) is 20.3. The highest BCUT2D eigenvalue weighted by molar-refractivity contribution is 5.71. The molecule has 0 aliphatic rings. The number of unbranched alkanes of at least 4 members (excludes halogenated alkanes) is 42. The van der Waals surface area contributed by atoms with E-state index in [1.54, 1.807) is 0 Å². The fraction of sp³-hybridized carbons (Fsp3) is 0.917. The highest BCUT2D eigenvalue weighted by Gasteiger charge is 2.19. The maximum absolute atomic E-state index is 12.8. The minimum Gasteiger partial charge on any atom is -0.462 e. The van der Waals surface area contributed by atoms with Crippen LogP contribution >= 0.6 is 0 Å². The molecule has 0 saturated carbocycles. The number of ether oxygens (including phenoxy) is 3. The Hall–Kier alpha value is -1.85. The number of carbonyl (C=O) groups excluding carboxylic acids is 3. The number of hydrogen-bond acceptors (Lipinski definition) is 6. The normalized spacial score (nSPS) is 12.0. The van der Waals surface area contributed by atoms with Crippen molar-refractivity contribution in [2.75, 3.05) is 13.2 Å². The molecule has 0 aromatic carbocycles. The topological polar surface area (TPSA) is 78.9 Å². The summed E-state index contributed by atoms with van der Waals surface area (Å²) in [7, 11) is 0. The van der Waals surface area contributed by atoms with Gasteiger partial charge in [0.2, 0.25) is 0 Å². The SMILES string of the molecule is CCC/C=C\CCCCCCCC(=O)OCC(COC(=O)CCCCCCCCCCCCCCCCCCCCCCCC)OC(=O)CCCCCCCCCCCCCCCCCC. The molecule has 0 bridgehead atoms. The number of esters is 3. The van der Waals surface area contributed by atoms with Crippen molar-refractivity contribution in [1.29, 1.82) is 0 Å². The van der Waals surface area contributed by atoms with Gasteiger partial charge in [-0.05, 0) is 38.5 Å². The maximum atomic E-state index is 12.8. The first kappa shape index (κ1) is 64.2. The van der Waals surface area contributed by atoms with Crippen LogP contribution in [0.5, 0.6) is 0 Å². The summed E-state index contributed by atoms with van der Waals surface area (Å²) in [6.07, 6.45) is 63.6. The van der Waals surface area contributed by atoms with Crippen molar-refractivity contribution in [3.8, 4) is 0 Å². The van der Waals surface area contributed by atoms with E-state index < -0.39 is 6.10 Å². The molecule has 390 valence electrons. The number of carbonyl (C=O) groups is 3. The van der Waals surface area contributed by atoms with Crippen LogP contribution in [-0.4, -0.2) is 37.2 Å². The first-order valence-electron chi connectivity index (χ1n) is 29.7. The van der Waals surface area contributed by atoms with Crippen LogP contribution in [0, 0.1) is 0 Å². The van der Waals surface area contributed by atoms with Gasteiger partial charge < -0.3 is 14.2 Å². The van der Waals surface area contributed by atoms with E-state index in [9.17, 15) is 14.4 Å². The van der Waals surface area contributed by atoms with Crippen molar-refractivity contribution in [2.45, 2.75) is 341 Å². The van der Waals surface area contributed by atoms with Crippen molar-refractivity contribution in [2.24, 2.45) is 0 Å². The minimum atomic E-state index is -0.767. The molecule has 0 N–H and O–H groups in total. The summed E-state index contributed by atoms with van der Waals surface area (Å²) < 4.78 is 16.9. The van der Waals surface area contributed by atoms with Crippen molar-refractivity contribution in [1.82, 2.24) is 0 Å². The van der Waals surface area contributed by atoms with Crippen LogP contribution in [0.25, 0.3) is 0 Å². The highest BCUT2D eigenvalue weighted by Crippen LogP contribution is 2.18. The van der Waals surface area contributed by atoms with E-state index in [1.807, 2.05) is 0 Å².